The lowest BCUT2D eigenvalue weighted by Gasteiger charge is -2.11. The van der Waals surface area contributed by atoms with Gasteiger partial charge in [-0.2, -0.15) is 0 Å². The maximum Gasteiger partial charge on any atom is 0.251 e. The van der Waals surface area contributed by atoms with Crippen LogP contribution in [-0.2, 0) is 19.4 Å². The zero-order valence-corrected chi connectivity index (χ0v) is 16.7. The molecular weight excluding hydrogens is 350 g/mol. The van der Waals surface area contributed by atoms with Gasteiger partial charge in [0.1, 0.15) is 0 Å². The quantitative estimate of drug-likeness (QED) is 0.510. The lowest BCUT2D eigenvalue weighted by Crippen LogP contribution is -2.31. The van der Waals surface area contributed by atoms with Crippen molar-refractivity contribution < 1.29 is 4.79 Å². The number of carbonyl (C=O) groups is 1. The number of hydrogen-bond donors (Lipinski definition) is 3. The van der Waals surface area contributed by atoms with Crippen LogP contribution in [0.5, 0.6) is 0 Å². The number of benzene rings is 2. The number of fused-ring (bicyclic) bond motifs is 1. The molecule has 0 saturated carbocycles. The average molecular weight is 380 g/mol. The van der Waals surface area contributed by atoms with Crippen LogP contribution in [0.25, 0.3) is 0 Å². The summed E-state index contributed by atoms with van der Waals surface area (Å²) in [4.78, 5) is 18.7. The highest BCUT2D eigenvalue weighted by Gasteiger charge is 2.11. The molecule has 28 heavy (non-hydrogen) atoms. The van der Waals surface area contributed by atoms with E-state index in [0.29, 0.717) is 24.6 Å². The highest BCUT2D eigenvalue weighted by Crippen LogP contribution is 2.24. The number of aliphatic imine (C=N–C) groups is 1. The normalized spacial score (nSPS) is 13.5. The lowest BCUT2D eigenvalue weighted by molar-refractivity contribution is 0.0951. The van der Waals surface area contributed by atoms with E-state index in [0.717, 1.165) is 30.6 Å². The standard InChI is InChI=1S/C22H29N5O/c1-27(2)12-11-24-21(28)19-8-3-5-16(13-19)15-25-22(23)26-20-10-9-17-6-4-7-18(17)14-20/h3,5,8-10,13-14H,4,6-7,11-12,15H2,1-2H3,(H,24,28)(H3,23,25,26). The number of nitrogens with two attached hydrogens (primary N) is 1. The second-order valence-electron chi connectivity index (χ2n) is 7.42. The van der Waals surface area contributed by atoms with E-state index in [4.69, 9.17) is 5.73 Å². The molecule has 148 valence electrons. The Hall–Kier alpha value is -2.86. The summed E-state index contributed by atoms with van der Waals surface area (Å²) in [6, 6.07) is 13.9. The molecule has 1 amide bonds. The van der Waals surface area contributed by atoms with Crippen LogP contribution in [0.4, 0.5) is 5.69 Å². The largest absolute Gasteiger partial charge is 0.370 e. The third-order valence-electron chi connectivity index (χ3n) is 4.84. The molecular formula is C22H29N5O. The van der Waals surface area contributed by atoms with Gasteiger partial charge in [-0.1, -0.05) is 18.2 Å². The lowest BCUT2D eigenvalue weighted by atomic mass is 10.1. The van der Waals surface area contributed by atoms with Gasteiger partial charge in [0, 0.05) is 24.3 Å². The third-order valence-corrected chi connectivity index (χ3v) is 4.84. The second kappa shape index (κ2) is 9.37. The van der Waals surface area contributed by atoms with Gasteiger partial charge in [0.05, 0.1) is 6.54 Å². The summed E-state index contributed by atoms with van der Waals surface area (Å²) in [5.41, 5.74) is 11.4. The first kappa shape index (κ1) is 19.9. The summed E-state index contributed by atoms with van der Waals surface area (Å²) in [6.45, 7) is 1.84. The summed E-state index contributed by atoms with van der Waals surface area (Å²) in [7, 11) is 3.96. The highest BCUT2D eigenvalue weighted by molar-refractivity contribution is 5.94. The second-order valence-corrected chi connectivity index (χ2v) is 7.42. The molecule has 0 radical (unpaired) electrons. The van der Waals surface area contributed by atoms with Crippen molar-refractivity contribution in [2.45, 2.75) is 25.8 Å². The van der Waals surface area contributed by atoms with Gasteiger partial charge in [0.25, 0.3) is 5.91 Å². The molecule has 0 aromatic heterocycles. The van der Waals surface area contributed by atoms with Crippen molar-refractivity contribution in [2.75, 3.05) is 32.5 Å². The number of likely N-dealkylation sites (N-methyl/N-ethyl adjacent to an activating group) is 1. The van der Waals surface area contributed by atoms with E-state index >= 15 is 0 Å². The minimum atomic E-state index is -0.0723. The van der Waals surface area contributed by atoms with Crippen LogP contribution in [0, 0.1) is 0 Å². The summed E-state index contributed by atoms with van der Waals surface area (Å²) < 4.78 is 0. The highest BCUT2D eigenvalue weighted by atomic mass is 16.1. The van der Waals surface area contributed by atoms with Crippen molar-refractivity contribution in [3.63, 3.8) is 0 Å². The Kier molecular flexibility index (Phi) is 6.66. The summed E-state index contributed by atoms with van der Waals surface area (Å²) in [5, 5.41) is 6.08. The molecule has 2 aromatic rings. The zero-order chi connectivity index (χ0) is 19.9. The topological polar surface area (TPSA) is 82.8 Å². The fourth-order valence-corrected chi connectivity index (χ4v) is 3.32. The van der Waals surface area contributed by atoms with Gasteiger partial charge in [0.15, 0.2) is 5.96 Å². The zero-order valence-electron chi connectivity index (χ0n) is 16.7. The molecule has 0 fully saturated rings. The first-order valence-corrected chi connectivity index (χ1v) is 9.72. The molecule has 0 spiro atoms. The van der Waals surface area contributed by atoms with Gasteiger partial charge in [-0.3, -0.25) is 4.79 Å². The molecule has 2 aromatic carbocycles. The van der Waals surface area contributed by atoms with Crippen molar-refractivity contribution in [3.05, 3.63) is 64.7 Å². The van der Waals surface area contributed by atoms with Crippen molar-refractivity contribution in [2.24, 2.45) is 10.7 Å². The van der Waals surface area contributed by atoms with Gasteiger partial charge < -0.3 is 21.3 Å². The third kappa shape index (κ3) is 5.57. The number of hydrogen-bond acceptors (Lipinski definition) is 3. The van der Waals surface area contributed by atoms with Crippen molar-refractivity contribution in [1.29, 1.82) is 0 Å². The van der Waals surface area contributed by atoms with E-state index in [1.165, 1.54) is 17.5 Å². The molecule has 4 N–H and O–H groups in total. The molecule has 0 unspecified atom stereocenters. The van der Waals surface area contributed by atoms with E-state index in [9.17, 15) is 4.79 Å². The van der Waals surface area contributed by atoms with Crippen molar-refractivity contribution >= 4 is 17.6 Å². The summed E-state index contributed by atoms with van der Waals surface area (Å²) in [6.07, 6.45) is 3.52. The predicted molar refractivity (Wildman–Crippen MR) is 115 cm³/mol. The minimum Gasteiger partial charge on any atom is -0.370 e. The molecule has 3 rings (SSSR count). The maximum absolute atomic E-state index is 12.2. The number of nitrogens with one attached hydrogen (secondary N) is 2. The smallest absolute Gasteiger partial charge is 0.251 e. The first-order valence-electron chi connectivity index (χ1n) is 9.72. The molecule has 0 heterocycles. The molecule has 0 saturated heterocycles. The van der Waals surface area contributed by atoms with Crippen LogP contribution in [0.3, 0.4) is 0 Å². The number of carbonyl (C=O) groups excluding carboxylic acids is 1. The summed E-state index contributed by atoms with van der Waals surface area (Å²) >= 11 is 0. The number of anilines is 1. The van der Waals surface area contributed by atoms with Gasteiger partial charge in [0.2, 0.25) is 0 Å². The molecule has 6 heteroatoms. The Morgan fingerprint density at radius 2 is 1.96 bits per heavy atom. The Bertz CT molecular complexity index is 860. The molecule has 0 aliphatic heterocycles. The van der Waals surface area contributed by atoms with Crippen LogP contribution >= 0.6 is 0 Å². The number of guanidine groups is 1. The average Bonchev–Trinajstić information content (AvgIpc) is 3.14. The van der Waals surface area contributed by atoms with E-state index < -0.39 is 0 Å². The molecule has 6 nitrogen and oxygen atoms in total. The van der Waals surface area contributed by atoms with Crippen LogP contribution in [0.1, 0.15) is 33.5 Å². The Morgan fingerprint density at radius 3 is 2.79 bits per heavy atom. The SMILES string of the molecule is CN(C)CCNC(=O)c1cccc(CN=C(N)Nc2ccc3c(c2)CCC3)c1. The molecule has 1 aliphatic rings. The van der Waals surface area contributed by atoms with Gasteiger partial charge in [-0.05, 0) is 74.3 Å². The van der Waals surface area contributed by atoms with Crippen molar-refractivity contribution in [3.8, 4) is 0 Å². The summed E-state index contributed by atoms with van der Waals surface area (Å²) in [5.74, 6) is 0.302. The number of rotatable bonds is 7. The molecule has 0 atom stereocenters. The van der Waals surface area contributed by atoms with Gasteiger partial charge >= 0.3 is 0 Å². The fraction of sp³-hybridized carbons (Fsp3) is 0.364. The van der Waals surface area contributed by atoms with E-state index in [-0.39, 0.29) is 5.91 Å². The van der Waals surface area contributed by atoms with E-state index in [2.05, 4.69) is 27.8 Å². The van der Waals surface area contributed by atoms with E-state index in [1.807, 2.05) is 49.3 Å². The Balaban J connectivity index is 1.56. The maximum atomic E-state index is 12.2. The minimum absolute atomic E-state index is 0.0723. The van der Waals surface area contributed by atoms with Gasteiger partial charge in [-0.25, -0.2) is 4.99 Å². The Morgan fingerprint density at radius 1 is 1.14 bits per heavy atom. The first-order chi connectivity index (χ1) is 13.5. The predicted octanol–water partition coefficient (Wildman–Crippen LogP) is 2.39. The number of aryl methyl sites for hydroxylation is 2. The van der Waals surface area contributed by atoms with Crippen molar-refractivity contribution in [1.82, 2.24) is 10.2 Å². The van der Waals surface area contributed by atoms with E-state index in [1.54, 1.807) is 0 Å². The molecule has 1 aliphatic carbocycles. The van der Waals surface area contributed by atoms with Crippen LogP contribution in [0.15, 0.2) is 47.5 Å². The van der Waals surface area contributed by atoms with Crippen LogP contribution in [-0.4, -0.2) is 44.0 Å². The number of amides is 1. The van der Waals surface area contributed by atoms with Gasteiger partial charge in [-0.15, -0.1) is 0 Å². The monoisotopic (exact) mass is 379 g/mol. The Labute approximate surface area is 166 Å². The van der Waals surface area contributed by atoms with Crippen LogP contribution < -0.4 is 16.4 Å². The number of nitrogens with zero attached hydrogens (tertiary/aromatic N) is 2. The molecule has 0 bridgehead atoms. The van der Waals surface area contributed by atoms with Crippen LogP contribution in [0.2, 0.25) is 0 Å². The fourth-order valence-electron chi connectivity index (χ4n) is 3.32.